The maximum Gasteiger partial charge on any atom is 0.275 e. The highest BCUT2D eigenvalue weighted by Gasteiger charge is 2.23. The van der Waals surface area contributed by atoms with E-state index in [-0.39, 0.29) is 17.2 Å². The minimum Gasteiger partial charge on any atom is -0.351 e. The van der Waals surface area contributed by atoms with Crippen LogP contribution in [-0.4, -0.2) is 56.0 Å². The summed E-state index contributed by atoms with van der Waals surface area (Å²) < 4.78 is 0. The van der Waals surface area contributed by atoms with Crippen molar-refractivity contribution in [2.24, 2.45) is 0 Å². The first-order chi connectivity index (χ1) is 12.6. The largest absolute Gasteiger partial charge is 0.351 e. The fourth-order valence-corrected chi connectivity index (χ4v) is 3.75. The van der Waals surface area contributed by atoms with Gasteiger partial charge in [0.1, 0.15) is 0 Å². The summed E-state index contributed by atoms with van der Waals surface area (Å²) in [4.78, 5) is 26.7. The third kappa shape index (κ3) is 6.06. The number of amides is 2. The number of nitrogens with zero attached hydrogens (tertiary/aromatic N) is 1. The van der Waals surface area contributed by atoms with Crippen LogP contribution in [0.4, 0.5) is 0 Å². The van der Waals surface area contributed by atoms with Crippen molar-refractivity contribution in [2.45, 2.75) is 53.4 Å². The number of piperazine rings is 1. The van der Waals surface area contributed by atoms with Crippen LogP contribution in [0.2, 0.25) is 0 Å². The standard InChI is InChI=1S/C22H35N3O2/c1-16-13-19(22(4,5)6)14-17(2)20(16)7-8-23-21(27)15-24-9-11-25(12-10-24)18(3)26/h13-14H,7-12,15H2,1-6H3,(H,23,27)/p+1. The summed E-state index contributed by atoms with van der Waals surface area (Å²) in [7, 11) is 0. The molecule has 1 heterocycles. The molecule has 0 spiro atoms. The normalized spacial score (nSPS) is 15.7. The Bertz CT molecular complexity index is 660. The molecule has 0 saturated carbocycles. The molecule has 5 nitrogen and oxygen atoms in total. The number of hydrogen-bond acceptors (Lipinski definition) is 2. The first-order valence-corrected chi connectivity index (χ1v) is 10.0. The van der Waals surface area contributed by atoms with E-state index in [1.54, 1.807) is 6.92 Å². The van der Waals surface area contributed by atoms with Crippen LogP contribution in [0.25, 0.3) is 0 Å². The summed E-state index contributed by atoms with van der Waals surface area (Å²) in [6.45, 7) is 17.0. The van der Waals surface area contributed by atoms with Gasteiger partial charge in [-0.2, -0.15) is 0 Å². The van der Waals surface area contributed by atoms with E-state index < -0.39 is 0 Å². The van der Waals surface area contributed by atoms with Gasteiger partial charge in [0.15, 0.2) is 6.54 Å². The monoisotopic (exact) mass is 374 g/mol. The van der Waals surface area contributed by atoms with E-state index in [1.807, 2.05) is 4.90 Å². The molecule has 5 heteroatoms. The van der Waals surface area contributed by atoms with Crippen molar-refractivity contribution >= 4 is 11.8 Å². The molecule has 1 fully saturated rings. The Balaban J connectivity index is 1.81. The van der Waals surface area contributed by atoms with Gasteiger partial charge >= 0.3 is 0 Å². The highest BCUT2D eigenvalue weighted by molar-refractivity contribution is 5.77. The van der Waals surface area contributed by atoms with Gasteiger partial charge in [0, 0.05) is 13.5 Å². The van der Waals surface area contributed by atoms with Crippen LogP contribution in [0.5, 0.6) is 0 Å². The zero-order chi connectivity index (χ0) is 20.2. The van der Waals surface area contributed by atoms with Gasteiger partial charge < -0.3 is 15.1 Å². The Kier molecular flexibility index (Phi) is 7.04. The minimum atomic E-state index is 0.0999. The predicted octanol–water partition coefficient (Wildman–Crippen LogP) is 1.01. The summed E-state index contributed by atoms with van der Waals surface area (Å²) in [6.07, 6.45) is 0.862. The van der Waals surface area contributed by atoms with Gasteiger partial charge in [-0.1, -0.05) is 32.9 Å². The molecular formula is C22H36N3O2+. The van der Waals surface area contributed by atoms with Gasteiger partial charge in [-0.15, -0.1) is 0 Å². The minimum absolute atomic E-state index is 0.0999. The van der Waals surface area contributed by atoms with Gasteiger partial charge in [0.25, 0.3) is 5.91 Å². The number of benzene rings is 1. The molecule has 1 aromatic rings. The number of carbonyl (C=O) groups excluding carboxylic acids is 2. The molecule has 2 rings (SSSR count). The van der Waals surface area contributed by atoms with E-state index in [9.17, 15) is 9.59 Å². The summed E-state index contributed by atoms with van der Waals surface area (Å²) in [6, 6.07) is 4.56. The van der Waals surface area contributed by atoms with Crippen LogP contribution >= 0.6 is 0 Å². The number of carbonyl (C=O) groups is 2. The average molecular weight is 375 g/mol. The summed E-state index contributed by atoms with van der Waals surface area (Å²) in [5.41, 5.74) is 5.46. The zero-order valence-corrected chi connectivity index (χ0v) is 17.9. The van der Waals surface area contributed by atoms with E-state index in [0.717, 1.165) is 32.6 Å². The van der Waals surface area contributed by atoms with E-state index >= 15 is 0 Å². The Labute approximate surface area is 164 Å². The maximum atomic E-state index is 12.3. The molecule has 1 aliphatic heterocycles. The Hall–Kier alpha value is -1.88. The van der Waals surface area contributed by atoms with E-state index in [2.05, 4.69) is 52.1 Å². The van der Waals surface area contributed by atoms with Crippen LogP contribution in [0.3, 0.4) is 0 Å². The van der Waals surface area contributed by atoms with E-state index in [0.29, 0.717) is 13.1 Å². The molecule has 0 aliphatic carbocycles. The SMILES string of the molecule is CC(=O)N1CC[NH+](CC(=O)NCCc2c(C)cc(C(C)(C)C)cc2C)CC1. The Morgan fingerprint density at radius 3 is 2.15 bits per heavy atom. The third-order valence-electron chi connectivity index (χ3n) is 5.59. The smallest absolute Gasteiger partial charge is 0.275 e. The van der Waals surface area contributed by atoms with Gasteiger partial charge in [0.05, 0.1) is 26.2 Å². The highest BCUT2D eigenvalue weighted by Crippen LogP contribution is 2.27. The molecule has 0 aromatic heterocycles. The second-order valence-electron chi connectivity index (χ2n) is 8.87. The van der Waals surface area contributed by atoms with Crippen molar-refractivity contribution in [1.82, 2.24) is 10.2 Å². The van der Waals surface area contributed by atoms with Gasteiger partial charge in [0.2, 0.25) is 5.91 Å². The van der Waals surface area contributed by atoms with Crippen LogP contribution < -0.4 is 10.2 Å². The molecule has 1 aromatic carbocycles. The van der Waals surface area contributed by atoms with Gasteiger partial charge in [-0.25, -0.2) is 0 Å². The Morgan fingerprint density at radius 2 is 1.67 bits per heavy atom. The average Bonchev–Trinajstić information content (AvgIpc) is 2.56. The lowest BCUT2D eigenvalue weighted by molar-refractivity contribution is -0.896. The van der Waals surface area contributed by atoms with E-state index in [1.165, 1.54) is 27.2 Å². The van der Waals surface area contributed by atoms with Crippen molar-refractivity contribution in [3.63, 3.8) is 0 Å². The number of nitrogens with one attached hydrogen (secondary N) is 2. The fourth-order valence-electron chi connectivity index (χ4n) is 3.75. The second-order valence-corrected chi connectivity index (χ2v) is 8.87. The molecule has 1 saturated heterocycles. The number of aryl methyl sites for hydroxylation is 2. The van der Waals surface area contributed by atoms with Crippen LogP contribution in [0, 0.1) is 13.8 Å². The highest BCUT2D eigenvalue weighted by atomic mass is 16.2. The third-order valence-corrected chi connectivity index (χ3v) is 5.59. The topological polar surface area (TPSA) is 53.9 Å². The molecule has 2 amide bonds. The van der Waals surface area contributed by atoms with Crippen LogP contribution in [0.15, 0.2) is 12.1 Å². The lowest BCUT2D eigenvalue weighted by Gasteiger charge is -2.31. The Morgan fingerprint density at radius 1 is 1.11 bits per heavy atom. The molecule has 0 bridgehead atoms. The quantitative estimate of drug-likeness (QED) is 0.808. The lowest BCUT2D eigenvalue weighted by Crippen LogP contribution is -3.15. The summed E-state index contributed by atoms with van der Waals surface area (Å²) in [5.74, 6) is 0.226. The van der Waals surface area contributed by atoms with Crippen molar-refractivity contribution in [2.75, 3.05) is 39.3 Å². The maximum absolute atomic E-state index is 12.3. The molecule has 27 heavy (non-hydrogen) atoms. The van der Waals surface area contributed by atoms with Gasteiger partial charge in [-0.3, -0.25) is 9.59 Å². The molecule has 150 valence electrons. The zero-order valence-electron chi connectivity index (χ0n) is 17.9. The molecule has 1 aliphatic rings. The number of hydrogen-bond donors (Lipinski definition) is 2. The first-order valence-electron chi connectivity index (χ1n) is 10.0. The molecule has 0 unspecified atom stereocenters. The van der Waals surface area contributed by atoms with Crippen molar-refractivity contribution < 1.29 is 14.5 Å². The van der Waals surface area contributed by atoms with Crippen molar-refractivity contribution in [3.05, 3.63) is 34.4 Å². The molecular weight excluding hydrogens is 338 g/mol. The van der Waals surface area contributed by atoms with E-state index in [4.69, 9.17) is 0 Å². The second kappa shape index (κ2) is 8.87. The first kappa shape index (κ1) is 21.4. The molecule has 2 N–H and O–H groups in total. The number of quaternary nitrogens is 1. The predicted molar refractivity (Wildman–Crippen MR) is 109 cm³/mol. The molecule has 0 radical (unpaired) electrons. The van der Waals surface area contributed by atoms with Crippen LogP contribution in [-0.2, 0) is 21.4 Å². The lowest BCUT2D eigenvalue weighted by atomic mass is 9.83. The van der Waals surface area contributed by atoms with Gasteiger partial charge in [-0.05, 0) is 47.9 Å². The van der Waals surface area contributed by atoms with Crippen molar-refractivity contribution in [1.29, 1.82) is 0 Å². The summed E-state index contributed by atoms with van der Waals surface area (Å²) >= 11 is 0. The van der Waals surface area contributed by atoms with Crippen LogP contribution in [0.1, 0.15) is 49.9 Å². The summed E-state index contributed by atoms with van der Waals surface area (Å²) in [5, 5.41) is 3.07. The van der Waals surface area contributed by atoms with Crippen molar-refractivity contribution in [3.8, 4) is 0 Å². The fraction of sp³-hybridized carbons (Fsp3) is 0.636. The molecule has 0 atom stereocenters. The number of rotatable bonds is 5.